The first-order chi connectivity index (χ1) is 7.54. The number of hydrogen-bond acceptors (Lipinski definition) is 3. The summed E-state index contributed by atoms with van der Waals surface area (Å²) in [6.07, 6.45) is 0. The molecule has 0 rings (SSSR count). The molecule has 2 amide bonds. The molecule has 100 valence electrons. The topological polar surface area (TPSA) is 81.1 Å². The van der Waals surface area contributed by atoms with E-state index in [1.54, 1.807) is 27.7 Å². The van der Waals surface area contributed by atoms with E-state index >= 15 is 0 Å². The van der Waals surface area contributed by atoms with Crippen LogP contribution in [0.3, 0.4) is 0 Å². The summed E-state index contributed by atoms with van der Waals surface area (Å²) in [5.41, 5.74) is -1.00. The summed E-state index contributed by atoms with van der Waals surface area (Å²) in [7, 11) is 1.54. The molecule has 0 fully saturated rings. The third-order valence-corrected chi connectivity index (χ3v) is 2.13. The van der Waals surface area contributed by atoms with Crippen molar-refractivity contribution in [2.45, 2.75) is 39.3 Å². The lowest BCUT2D eigenvalue weighted by Gasteiger charge is -2.32. The Kier molecular flexibility index (Phi) is 5.41. The van der Waals surface area contributed by atoms with Gasteiger partial charge in [-0.1, -0.05) is 0 Å². The summed E-state index contributed by atoms with van der Waals surface area (Å²) >= 11 is 0. The molecule has 6 nitrogen and oxygen atoms in total. The first-order valence-corrected chi connectivity index (χ1v) is 5.50. The zero-order valence-electron chi connectivity index (χ0n) is 11.1. The normalized spacial score (nSPS) is 11.5. The molecule has 0 atom stereocenters. The highest BCUT2D eigenvalue weighted by Crippen LogP contribution is 2.08. The monoisotopic (exact) mass is 246 g/mol. The molecule has 0 radical (unpaired) electrons. The summed E-state index contributed by atoms with van der Waals surface area (Å²) in [6, 6.07) is -0.604. The number of carbonyl (C=O) groups is 2. The molecule has 0 aliphatic rings. The molecule has 0 heterocycles. The van der Waals surface area contributed by atoms with Gasteiger partial charge in [0.15, 0.2) is 0 Å². The number of amides is 2. The number of aliphatic carboxylic acids is 1. The molecule has 0 aromatic heterocycles. The maximum Gasteiger partial charge on any atom is 0.323 e. The molecular weight excluding hydrogens is 224 g/mol. The van der Waals surface area contributed by atoms with E-state index in [0.29, 0.717) is 0 Å². The average Bonchev–Trinajstić information content (AvgIpc) is 2.09. The van der Waals surface area contributed by atoms with Gasteiger partial charge in [0.25, 0.3) is 0 Å². The van der Waals surface area contributed by atoms with Crippen molar-refractivity contribution in [2.24, 2.45) is 0 Å². The molecule has 0 aliphatic carbocycles. The van der Waals surface area contributed by atoms with Crippen LogP contribution in [-0.4, -0.2) is 63.8 Å². The van der Waals surface area contributed by atoms with Gasteiger partial charge < -0.3 is 20.0 Å². The third-order valence-electron chi connectivity index (χ3n) is 2.13. The second-order valence-electron chi connectivity index (χ2n) is 5.07. The number of aliphatic hydroxyl groups is 1. The van der Waals surface area contributed by atoms with Gasteiger partial charge in [-0.3, -0.25) is 4.79 Å². The third kappa shape index (κ3) is 6.11. The molecule has 0 saturated heterocycles. The number of carboxylic acids is 1. The summed E-state index contributed by atoms with van der Waals surface area (Å²) in [6.45, 7) is 6.49. The van der Waals surface area contributed by atoms with E-state index in [0.717, 1.165) is 0 Å². The van der Waals surface area contributed by atoms with Crippen molar-refractivity contribution in [1.29, 1.82) is 0 Å². The summed E-state index contributed by atoms with van der Waals surface area (Å²) in [5.74, 6) is -1.05. The smallest absolute Gasteiger partial charge is 0.323 e. The minimum atomic E-state index is -1.05. The van der Waals surface area contributed by atoms with Gasteiger partial charge in [-0.15, -0.1) is 0 Å². The van der Waals surface area contributed by atoms with Crippen LogP contribution >= 0.6 is 0 Å². The van der Waals surface area contributed by atoms with Crippen molar-refractivity contribution >= 4 is 12.0 Å². The largest absolute Gasteiger partial charge is 0.480 e. The van der Waals surface area contributed by atoms with E-state index in [-0.39, 0.29) is 19.1 Å². The second kappa shape index (κ2) is 5.86. The lowest BCUT2D eigenvalue weighted by molar-refractivity contribution is -0.138. The van der Waals surface area contributed by atoms with Crippen LogP contribution in [0.1, 0.15) is 27.7 Å². The SMILES string of the molecule is CC(C)N(CC(=O)O)C(=O)N(C)CC(C)(C)O. The molecule has 17 heavy (non-hydrogen) atoms. The van der Waals surface area contributed by atoms with Crippen molar-refractivity contribution in [2.75, 3.05) is 20.1 Å². The Bertz CT molecular complexity index is 284. The molecule has 6 heteroatoms. The molecule has 2 N–H and O–H groups in total. The number of nitrogens with zero attached hydrogens (tertiary/aromatic N) is 2. The Morgan fingerprint density at radius 1 is 1.29 bits per heavy atom. The lowest BCUT2D eigenvalue weighted by atomic mass is 10.1. The van der Waals surface area contributed by atoms with Crippen LogP contribution < -0.4 is 0 Å². The van der Waals surface area contributed by atoms with Crippen LogP contribution in [0.5, 0.6) is 0 Å². The van der Waals surface area contributed by atoms with Crippen LogP contribution in [0.15, 0.2) is 0 Å². The Hall–Kier alpha value is -1.30. The first-order valence-electron chi connectivity index (χ1n) is 5.50. The first kappa shape index (κ1) is 15.7. The van der Waals surface area contributed by atoms with Crippen molar-refractivity contribution < 1.29 is 19.8 Å². The van der Waals surface area contributed by atoms with E-state index < -0.39 is 17.6 Å². The number of carboxylic acid groups (broad SMARTS) is 1. The van der Waals surface area contributed by atoms with E-state index in [1.807, 2.05) is 0 Å². The Morgan fingerprint density at radius 2 is 1.76 bits per heavy atom. The van der Waals surface area contributed by atoms with Crippen LogP contribution in [0, 0.1) is 0 Å². The Morgan fingerprint density at radius 3 is 2.06 bits per heavy atom. The van der Waals surface area contributed by atoms with Gasteiger partial charge in [0.2, 0.25) is 0 Å². The number of hydrogen-bond donors (Lipinski definition) is 2. The molecule has 0 aliphatic heterocycles. The van der Waals surface area contributed by atoms with Crippen LogP contribution in [0.25, 0.3) is 0 Å². The lowest BCUT2D eigenvalue weighted by Crippen LogP contribution is -2.50. The van der Waals surface area contributed by atoms with E-state index in [9.17, 15) is 14.7 Å². The van der Waals surface area contributed by atoms with E-state index in [2.05, 4.69) is 0 Å². The molecular formula is C11H22N2O4. The number of likely N-dealkylation sites (N-methyl/N-ethyl adjacent to an activating group) is 1. The zero-order valence-corrected chi connectivity index (χ0v) is 11.1. The van der Waals surface area contributed by atoms with Crippen molar-refractivity contribution in [1.82, 2.24) is 9.80 Å². The second-order valence-corrected chi connectivity index (χ2v) is 5.07. The fraction of sp³-hybridized carbons (Fsp3) is 0.818. The van der Waals surface area contributed by atoms with Gasteiger partial charge in [0.1, 0.15) is 6.54 Å². The summed E-state index contributed by atoms with van der Waals surface area (Å²) < 4.78 is 0. The highest BCUT2D eigenvalue weighted by Gasteiger charge is 2.26. The molecule has 0 aromatic rings. The van der Waals surface area contributed by atoms with Crippen LogP contribution in [0.2, 0.25) is 0 Å². The van der Waals surface area contributed by atoms with Crippen molar-refractivity contribution in [3.8, 4) is 0 Å². The predicted octanol–water partition coefficient (Wildman–Crippen LogP) is 0.604. The summed E-state index contributed by atoms with van der Waals surface area (Å²) in [5, 5.41) is 18.3. The molecule has 0 saturated carbocycles. The number of urea groups is 1. The molecule has 0 unspecified atom stereocenters. The molecule has 0 spiro atoms. The minimum absolute atomic E-state index is 0.147. The fourth-order valence-corrected chi connectivity index (χ4v) is 1.48. The van der Waals surface area contributed by atoms with Gasteiger partial charge in [-0.05, 0) is 27.7 Å². The maximum absolute atomic E-state index is 12.0. The molecule has 0 bridgehead atoms. The van der Waals surface area contributed by atoms with Crippen molar-refractivity contribution in [3.05, 3.63) is 0 Å². The van der Waals surface area contributed by atoms with Gasteiger partial charge in [-0.25, -0.2) is 4.79 Å². The van der Waals surface area contributed by atoms with Gasteiger partial charge in [0, 0.05) is 13.1 Å². The molecule has 0 aromatic carbocycles. The Balaban J connectivity index is 4.67. The predicted molar refractivity (Wildman–Crippen MR) is 63.8 cm³/mol. The van der Waals surface area contributed by atoms with Gasteiger partial charge in [0.05, 0.1) is 12.1 Å². The standard InChI is InChI=1S/C11H22N2O4/c1-8(2)13(6-9(14)15)10(16)12(5)7-11(3,4)17/h8,17H,6-7H2,1-5H3,(H,14,15). The van der Waals surface area contributed by atoms with Gasteiger partial charge in [-0.2, -0.15) is 0 Å². The maximum atomic E-state index is 12.0. The van der Waals surface area contributed by atoms with Crippen molar-refractivity contribution in [3.63, 3.8) is 0 Å². The minimum Gasteiger partial charge on any atom is -0.480 e. The quantitative estimate of drug-likeness (QED) is 0.744. The number of carbonyl (C=O) groups excluding carboxylic acids is 1. The fourth-order valence-electron chi connectivity index (χ4n) is 1.48. The van der Waals surface area contributed by atoms with E-state index in [1.165, 1.54) is 16.8 Å². The van der Waals surface area contributed by atoms with Crippen LogP contribution in [0.4, 0.5) is 4.79 Å². The summed E-state index contributed by atoms with van der Waals surface area (Å²) in [4.78, 5) is 25.2. The number of rotatable bonds is 5. The van der Waals surface area contributed by atoms with Crippen LogP contribution in [-0.2, 0) is 4.79 Å². The zero-order chi connectivity index (χ0) is 13.8. The Labute approximate surface area is 102 Å². The average molecular weight is 246 g/mol. The highest BCUT2D eigenvalue weighted by atomic mass is 16.4. The van der Waals surface area contributed by atoms with E-state index in [4.69, 9.17) is 5.11 Å². The highest BCUT2D eigenvalue weighted by molar-refractivity contribution is 5.80. The van der Waals surface area contributed by atoms with Gasteiger partial charge >= 0.3 is 12.0 Å².